The summed E-state index contributed by atoms with van der Waals surface area (Å²) in [7, 11) is 0. The lowest BCUT2D eigenvalue weighted by Crippen LogP contribution is -2.40. The molecule has 3 aromatic carbocycles. The molecule has 3 N–H and O–H groups in total. The van der Waals surface area contributed by atoms with Crippen LogP contribution in [0.3, 0.4) is 0 Å². The van der Waals surface area contributed by atoms with Crippen molar-refractivity contribution >= 4 is 28.8 Å². The molecule has 0 aliphatic heterocycles. The number of rotatable bonds is 6. The van der Waals surface area contributed by atoms with E-state index >= 15 is 0 Å². The van der Waals surface area contributed by atoms with Gasteiger partial charge in [0, 0.05) is 10.9 Å². The zero-order valence-corrected chi connectivity index (χ0v) is 17.7. The van der Waals surface area contributed by atoms with Crippen molar-refractivity contribution < 1.29 is 9.59 Å². The fourth-order valence-corrected chi connectivity index (χ4v) is 3.30. The molecule has 1 heterocycles. The van der Waals surface area contributed by atoms with Crippen molar-refractivity contribution in [2.75, 3.05) is 0 Å². The van der Waals surface area contributed by atoms with E-state index in [0.717, 1.165) is 0 Å². The van der Waals surface area contributed by atoms with E-state index in [9.17, 15) is 14.4 Å². The highest BCUT2D eigenvalue weighted by Gasteiger charge is 2.27. The van der Waals surface area contributed by atoms with E-state index < -0.39 is 23.4 Å². The van der Waals surface area contributed by atoms with Gasteiger partial charge in [0.2, 0.25) is 0 Å². The molecule has 1 atom stereocenters. The van der Waals surface area contributed by atoms with Crippen molar-refractivity contribution in [3.05, 3.63) is 112 Å². The number of hydrazone groups is 1. The van der Waals surface area contributed by atoms with Crippen LogP contribution in [0.15, 0.2) is 88.8 Å². The van der Waals surface area contributed by atoms with Crippen LogP contribution in [-0.2, 0) is 4.79 Å². The number of benzene rings is 3. The summed E-state index contributed by atoms with van der Waals surface area (Å²) < 4.78 is 0. The van der Waals surface area contributed by atoms with Gasteiger partial charge in [-0.15, -0.1) is 0 Å². The molecular formula is C25H18N6O3. The molecule has 0 aliphatic carbocycles. The van der Waals surface area contributed by atoms with E-state index in [2.05, 4.69) is 26.0 Å². The molecule has 2 amide bonds. The molecule has 0 saturated heterocycles. The maximum absolute atomic E-state index is 13.1. The number of nitriles is 1. The van der Waals surface area contributed by atoms with Crippen LogP contribution in [0.5, 0.6) is 0 Å². The van der Waals surface area contributed by atoms with Crippen LogP contribution in [0.1, 0.15) is 33.2 Å². The third-order valence-electron chi connectivity index (χ3n) is 5.00. The van der Waals surface area contributed by atoms with Gasteiger partial charge >= 0.3 is 0 Å². The predicted octanol–water partition coefficient (Wildman–Crippen LogP) is 2.42. The van der Waals surface area contributed by atoms with E-state index in [0.29, 0.717) is 27.5 Å². The second-order valence-electron chi connectivity index (χ2n) is 7.22. The number of fused-ring (bicyclic) bond motifs is 1. The summed E-state index contributed by atoms with van der Waals surface area (Å²) in [4.78, 5) is 38.1. The van der Waals surface area contributed by atoms with E-state index in [-0.39, 0.29) is 5.69 Å². The summed E-state index contributed by atoms with van der Waals surface area (Å²) >= 11 is 0. The molecule has 0 saturated carbocycles. The number of aromatic nitrogens is 2. The first-order valence-corrected chi connectivity index (χ1v) is 10.2. The quantitative estimate of drug-likeness (QED) is 0.306. The van der Waals surface area contributed by atoms with Gasteiger partial charge in [-0.3, -0.25) is 14.4 Å². The molecule has 0 bridgehead atoms. The Kier molecular flexibility index (Phi) is 6.51. The molecule has 0 spiro atoms. The van der Waals surface area contributed by atoms with E-state index in [1.807, 2.05) is 6.07 Å². The monoisotopic (exact) mass is 450 g/mol. The predicted molar refractivity (Wildman–Crippen MR) is 126 cm³/mol. The average Bonchev–Trinajstić information content (AvgIpc) is 2.88. The van der Waals surface area contributed by atoms with Crippen molar-refractivity contribution in [2.24, 2.45) is 5.10 Å². The minimum Gasteiger partial charge on any atom is -0.335 e. The zero-order valence-electron chi connectivity index (χ0n) is 17.7. The molecular weight excluding hydrogens is 432 g/mol. The van der Waals surface area contributed by atoms with Crippen molar-refractivity contribution in [3.8, 4) is 6.07 Å². The smallest absolute Gasteiger partial charge is 0.272 e. The van der Waals surface area contributed by atoms with E-state index in [4.69, 9.17) is 5.26 Å². The number of hydrogen-bond donors (Lipinski definition) is 3. The molecule has 0 fully saturated rings. The van der Waals surface area contributed by atoms with Crippen LogP contribution in [0.2, 0.25) is 0 Å². The van der Waals surface area contributed by atoms with Crippen LogP contribution in [0, 0.1) is 11.3 Å². The van der Waals surface area contributed by atoms with Crippen molar-refractivity contribution in [3.63, 3.8) is 0 Å². The maximum atomic E-state index is 13.1. The van der Waals surface area contributed by atoms with Gasteiger partial charge in [-0.05, 0) is 35.9 Å². The van der Waals surface area contributed by atoms with Crippen LogP contribution in [-0.4, -0.2) is 28.2 Å². The lowest BCUT2D eigenvalue weighted by Gasteiger charge is -2.18. The lowest BCUT2D eigenvalue weighted by atomic mass is 10.0. The molecule has 34 heavy (non-hydrogen) atoms. The van der Waals surface area contributed by atoms with Crippen LogP contribution in [0.4, 0.5) is 0 Å². The normalized spacial score (nSPS) is 11.6. The minimum absolute atomic E-state index is 0.172. The summed E-state index contributed by atoms with van der Waals surface area (Å²) in [5.74, 6) is -1.15. The Labute approximate surface area is 193 Å². The van der Waals surface area contributed by atoms with Gasteiger partial charge in [0.25, 0.3) is 17.4 Å². The van der Waals surface area contributed by atoms with Crippen LogP contribution in [0.25, 0.3) is 10.8 Å². The highest BCUT2D eigenvalue weighted by molar-refractivity contribution is 5.99. The maximum Gasteiger partial charge on any atom is 0.272 e. The highest BCUT2D eigenvalue weighted by Crippen LogP contribution is 2.20. The molecule has 4 rings (SSSR count). The van der Waals surface area contributed by atoms with E-state index in [1.54, 1.807) is 78.9 Å². The molecule has 166 valence electrons. The Morgan fingerprint density at radius 1 is 0.971 bits per heavy atom. The lowest BCUT2D eigenvalue weighted by molar-refractivity contribution is -0.123. The summed E-state index contributed by atoms with van der Waals surface area (Å²) in [6.07, 6.45) is 1.41. The number of H-pyrrole nitrogens is 1. The molecule has 4 aromatic rings. The number of carbonyl (C=O) groups excluding carboxylic acids is 2. The van der Waals surface area contributed by atoms with Gasteiger partial charge in [0.1, 0.15) is 5.69 Å². The minimum atomic E-state index is -1.24. The van der Waals surface area contributed by atoms with Crippen LogP contribution < -0.4 is 16.3 Å². The number of hydrogen-bond acceptors (Lipinski definition) is 6. The Balaban J connectivity index is 1.65. The fraction of sp³-hybridized carbons (Fsp3) is 0.0400. The Morgan fingerprint density at radius 2 is 1.65 bits per heavy atom. The first-order chi connectivity index (χ1) is 16.6. The second kappa shape index (κ2) is 10.0. The number of nitrogens with zero attached hydrogens (tertiary/aromatic N) is 3. The van der Waals surface area contributed by atoms with Gasteiger partial charge in [0.05, 0.1) is 23.2 Å². The molecule has 1 aromatic heterocycles. The first-order valence-electron chi connectivity index (χ1n) is 10.2. The standard InChI is InChI=1S/C25H18N6O3/c26-14-16-10-12-17(13-11-16)15-27-30-25(34)22(28-23(32)18-6-2-1-3-7-18)21-19-8-4-5-9-20(19)24(33)31-29-21/h1-13,15,22H,(H,28,32)(H,30,34)(H,31,33). The van der Waals surface area contributed by atoms with Gasteiger partial charge in [-0.1, -0.05) is 48.5 Å². The molecule has 0 radical (unpaired) electrons. The largest absolute Gasteiger partial charge is 0.335 e. The van der Waals surface area contributed by atoms with Gasteiger partial charge in [-0.25, -0.2) is 10.5 Å². The van der Waals surface area contributed by atoms with Crippen molar-refractivity contribution in [1.82, 2.24) is 20.9 Å². The summed E-state index contributed by atoms with van der Waals surface area (Å²) in [6.45, 7) is 0. The topological polar surface area (TPSA) is 140 Å². The number of nitrogens with one attached hydrogen (secondary N) is 3. The van der Waals surface area contributed by atoms with Crippen LogP contribution >= 0.6 is 0 Å². The molecule has 9 heteroatoms. The Bertz CT molecular complexity index is 1470. The zero-order chi connectivity index (χ0) is 23.9. The van der Waals surface area contributed by atoms with Crippen molar-refractivity contribution in [2.45, 2.75) is 6.04 Å². The summed E-state index contributed by atoms with van der Waals surface area (Å²) in [6, 6.07) is 22.5. The third-order valence-corrected chi connectivity index (χ3v) is 5.00. The molecule has 1 unspecified atom stereocenters. The average molecular weight is 450 g/mol. The second-order valence-corrected chi connectivity index (χ2v) is 7.22. The highest BCUT2D eigenvalue weighted by atomic mass is 16.2. The molecule has 9 nitrogen and oxygen atoms in total. The number of amides is 2. The molecule has 0 aliphatic rings. The van der Waals surface area contributed by atoms with Gasteiger partial charge in [0.15, 0.2) is 6.04 Å². The third kappa shape index (κ3) is 4.87. The first kappa shape index (κ1) is 22.1. The number of carbonyl (C=O) groups is 2. The number of aromatic amines is 1. The van der Waals surface area contributed by atoms with Gasteiger partial charge in [-0.2, -0.15) is 15.5 Å². The Morgan fingerprint density at radius 3 is 2.35 bits per heavy atom. The SMILES string of the molecule is N#Cc1ccc(C=NNC(=O)C(NC(=O)c2ccccc2)c2n[nH]c(=O)c3ccccc23)cc1. The van der Waals surface area contributed by atoms with Gasteiger partial charge < -0.3 is 5.32 Å². The van der Waals surface area contributed by atoms with E-state index in [1.165, 1.54) is 6.21 Å². The fourth-order valence-electron chi connectivity index (χ4n) is 3.30. The summed E-state index contributed by atoms with van der Waals surface area (Å²) in [5, 5.41) is 22.7. The van der Waals surface area contributed by atoms with Crippen molar-refractivity contribution in [1.29, 1.82) is 5.26 Å². The summed E-state index contributed by atoms with van der Waals surface area (Å²) in [5.41, 5.74) is 3.70. The Hall–Kier alpha value is -5.10.